The molecule has 0 radical (unpaired) electrons. The smallest absolute Gasteiger partial charge is 0.148 e. The van der Waals surface area contributed by atoms with Crippen LogP contribution in [0.4, 0.5) is 0 Å². The van der Waals surface area contributed by atoms with Gasteiger partial charge in [0.05, 0.1) is 11.9 Å². The van der Waals surface area contributed by atoms with E-state index in [4.69, 9.17) is 0 Å². The predicted molar refractivity (Wildman–Crippen MR) is 78.0 cm³/mol. The molecule has 1 aromatic carbocycles. The van der Waals surface area contributed by atoms with Gasteiger partial charge in [-0.15, -0.1) is 0 Å². The van der Waals surface area contributed by atoms with E-state index in [1.54, 1.807) is 0 Å². The maximum atomic E-state index is 11.1. The van der Waals surface area contributed by atoms with Gasteiger partial charge in [0.15, 0.2) is 0 Å². The lowest BCUT2D eigenvalue weighted by Gasteiger charge is -2.18. The first kappa shape index (κ1) is 16.1. The van der Waals surface area contributed by atoms with Gasteiger partial charge < -0.3 is 10.0 Å². The van der Waals surface area contributed by atoms with Crippen molar-refractivity contribution in [2.75, 3.05) is 32.1 Å². The number of hydrogen-bond acceptors (Lipinski definition) is 4. The topological polar surface area (TPSA) is 57.6 Å². The van der Waals surface area contributed by atoms with Crippen molar-refractivity contribution in [3.63, 3.8) is 0 Å². The highest BCUT2D eigenvalue weighted by molar-refractivity contribution is 7.90. The Kier molecular flexibility index (Phi) is 5.97. The second kappa shape index (κ2) is 7.03. The molecular weight excluding hydrogens is 262 g/mol. The average Bonchev–Trinajstić information content (AvgIpc) is 2.32. The van der Waals surface area contributed by atoms with Gasteiger partial charge in [-0.1, -0.05) is 29.8 Å². The molecule has 0 saturated carbocycles. The third kappa shape index (κ3) is 6.71. The zero-order chi connectivity index (χ0) is 14.5. The Balaban J connectivity index is 2.40. The number of aryl methyl sites for hydroxylation is 1. The molecule has 0 aliphatic carbocycles. The fourth-order valence-electron chi connectivity index (χ4n) is 1.82. The Morgan fingerprint density at radius 3 is 2.58 bits per heavy atom. The minimum atomic E-state index is -2.92. The molecule has 1 unspecified atom stereocenters. The fourth-order valence-corrected chi connectivity index (χ4v) is 2.46. The molecule has 108 valence electrons. The van der Waals surface area contributed by atoms with E-state index in [0.29, 0.717) is 19.5 Å². The molecular formula is C14H23NO3S. The van der Waals surface area contributed by atoms with Crippen molar-refractivity contribution in [1.29, 1.82) is 0 Å². The molecule has 19 heavy (non-hydrogen) atoms. The van der Waals surface area contributed by atoms with E-state index in [2.05, 4.69) is 0 Å². The van der Waals surface area contributed by atoms with E-state index in [9.17, 15) is 13.5 Å². The highest BCUT2D eigenvalue weighted by Crippen LogP contribution is 2.17. The van der Waals surface area contributed by atoms with Crippen LogP contribution in [0.25, 0.3) is 0 Å². The lowest BCUT2D eigenvalue weighted by atomic mass is 10.0. The molecule has 0 aliphatic rings. The van der Waals surface area contributed by atoms with Gasteiger partial charge in [-0.05, 0) is 26.0 Å². The monoisotopic (exact) mass is 285 g/mol. The maximum Gasteiger partial charge on any atom is 0.148 e. The van der Waals surface area contributed by atoms with Gasteiger partial charge in [-0.25, -0.2) is 8.42 Å². The van der Waals surface area contributed by atoms with Crippen LogP contribution in [0.5, 0.6) is 0 Å². The first-order valence-corrected chi connectivity index (χ1v) is 8.45. The summed E-state index contributed by atoms with van der Waals surface area (Å²) >= 11 is 0. The van der Waals surface area contributed by atoms with Gasteiger partial charge in [0.1, 0.15) is 9.84 Å². The molecule has 0 saturated heterocycles. The SMILES string of the molecule is Cc1cccc(C(O)CCN(C)CCS(C)(=O)=O)c1. The summed E-state index contributed by atoms with van der Waals surface area (Å²) in [5, 5.41) is 10.1. The van der Waals surface area contributed by atoms with Crippen LogP contribution in [0.1, 0.15) is 23.7 Å². The zero-order valence-corrected chi connectivity index (χ0v) is 12.7. The van der Waals surface area contributed by atoms with Gasteiger partial charge in [0.25, 0.3) is 0 Å². The lowest BCUT2D eigenvalue weighted by molar-refractivity contribution is 0.150. The van der Waals surface area contributed by atoms with E-state index in [-0.39, 0.29) is 5.75 Å². The molecule has 1 atom stereocenters. The van der Waals surface area contributed by atoms with Crippen LogP contribution < -0.4 is 0 Å². The van der Waals surface area contributed by atoms with E-state index in [0.717, 1.165) is 11.1 Å². The van der Waals surface area contributed by atoms with Crippen LogP contribution in [0, 0.1) is 6.92 Å². The molecule has 0 spiro atoms. The Labute approximate surface area is 116 Å². The zero-order valence-electron chi connectivity index (χ0n) is 11.8. The third-order valence-corrected chi connectivity index (χ3v) is 3.98. The van der Waals surface area contributed by atoms with Crippen molar-refractivity contribution in [3.8, 4) is 0 Å². The van der Waals surface area contributed by atoms with E-state index in [1.165, 1.54) is 6.26 Å². The van der Waals surface area contributed by atoms with E-state index < -0.39 is 15.9 Å². The minimum absolute atomic E-state index is 0.157. The van der Waals surface area contributed by atoms with Gasteiger partial charge in [-0.2, -0.15) is 0 Å². The molecule has 5 heteroatoms. The van der Waals surface area contributed by atoms with Crippen LogP contribution in [0.15, 0.2) is 24.3 Å². The van der Waals surface area contributed by atoms with Crippen LogP contribution >= 0.6 is 0 Å². The summed E-state index contributed by atoms with van der Waals surface area (Å²) in [7, 11) is -1.05. The Hall–Kier alpha value is -0.910. The predicted octanol–water partition coefficient (Wildman–Crippen LogP) is 1.39. The number of aliphatic hydroxyl groups is 1. The van der Waals surface area contributed by atoms with Crippen molar-refractivity contribution in [3.05, 3.63) is 35.4 Å². The maximum absolute atomic E-state index is 11.1. The van der Waals surface area contributed by atoms with Crippen molar-refractivity contribution in [1.82, 2.24) is 4.90 Å². The summed E-state index contributed by atoms with van der Waals surface area (Å²) in [6, 6.07) is 7.81. The van der Waals surface area contributed by atoms with Crippen LogP contribution in [0.2, 0.25) is 0 Å². The Morgan fingerprint density at radius 2 is 2.00 bits per heavy atom. The third-order valence-electron chi connectivity index (χ3n) is 3.05. The second-order valence-electron chi connectivity index (χ2n) is 5.15. The molecule has 0 aliphatic heterocycles. The van der Waals surface area contributed by atoms with Crippen molar-refractivity contribution in [2.45, 2.75) is 19.4 Å². The number of rotatable bonds is 7. The summed E-state index contributed by atoms with van der Waals surface area (Å²) in [5.41, 5.74) is 2.04. The molecule has 0 fully saturated rings. The van der Waals surface area contributed by atoms with Gasteiger partial charge in [-0.3, -0.25) is 0 Å². The summed E-state index contributed by atoms with van der Waals surface area (Å²) in [5.74, 6) is 0.157. The molecule has 1 aromatic rings. The largest absolute Gasteiger partial charge is 0.388 e. The fraction of sp³-hybridized carbons (Fsp3) is 0.571. The lowest BCUT2D eigenvalue weighted by Crippen LogP contribution is -2.27. The molecule has 1 N–H and O–H groups in total. The van der Waals surface area contributed by atoms with E-state index in [1.807, 2.05) is 43.1 Å². The molecule has 1 rings (SSSR count). The summed E-state index contributed by atoms with van der Waals surface area (Å²) in [6.45, 7) is 3.17. The highest BCUT2D eigenvalue weighted by Gasteiger charge is 2.10. The summed E-state index contributed by atoms with van der Waals surface area (Å²) < 4.78 is 22.1. The molecule has 0 heterocycles. The summed E-state index contributed by atoms with van der Waals surface area (Å²) in [6.07, 6.45) is 1.34. The minimum Gasteiger partial charge on any atom is -0.388 e. The average molecular weight is 285 g/mol. The normalized spacial score (nSPS) is 13.7. The molecule has 0 amide bonds. The Morgan fingerprint density at radius 1 is 1.32 bits per heavy atom. The van der Waals surface area contributed by atoms with Crippen molar-refractivity contribution < 1.29 is 13.5 Å². The van der Waals surface area contributed by atoms with Crippen LogP contribution in [-0.2, 0) is 9.84 Å². The first-order chi connectivity index (χ1) is 8.78. The second-order valence-corrected chi connectivity index (χ2v) is 7.41. The Bertz CT molecular complexity index is 499. The standard InChI is InChI=1S/C14H23NO3S/c1-12-5-4-6-13(11-12)14(16)7-8-15(2)9-10-19(3,17)18/h4-6,11,14,16H,7-10H2,1-3H3. The van der Waals surface area contributed by atoms with Gasteiger partial charge in [0.2, 0.25) is 0 Å². The van der Waals surface area contributed by atoms with E-state index >= 15 is 0 Å². The van der Waals surface area contributed by atoms with Crippen LogP contribution in [0.3, 0.4) is 0 Å². The quantitative estimate of drug-likeness (QED) is 0.822. The first-order valence-electron chi connectivity index (χ1n) is 6.39. The van der Waals surface area contributed by atoms with Crippen molar-refractivity contribution in [2.24, 2.45) is 0 Å². The summed E-state index contributed by atoms with van der Waals surface area (Å²) in [4.78, 5) is 1.93. The highest BCUT2D eigenvalue weighted by atomic mass is 32.2. The molecule has 0 aromatic heterocycles. The van der Waals surface area contributed by atoms with Gasteiger partial charge >= 0.3 is 0 Å². The molecule has 4 nitrogen and oxygen atoms in total. The number of aliphatic hydroxyl groups excluding tert-OH is 1. The number of nitrogens with zero attached hydrogens (tertiary/aromatic N) is 1. The number of sulfone groups is 1. The number of benzene rings is 1. The van der Waals surface area contributed by atoms with Crippen LogP contribution in [-0.4, -0.2) is 50.6 Å². The number of hydrogen-bond donors (Lipinski definition) is 1. The van der Waals surface area contributed by atoms with Gasteiger partial charge in [0, 0.05) is 19.3 Å². The van der Waals surface area contributed by atoms with Crippen molar-refractivity contribution >= 4 is 9.84 Å². The molecule has 0 bridgehead atoms.